The van der Waals surface area contributed by atoms with E-state index in [0.717, 1.165) is 11.3 Å². The van der Waals surface area contributed by atoms with E-state index in [1.165, 1.54) is 18.6 Å². The van der Waals surface area contributed by atoms with Gasteiger partial charge in [0.2, 0.25) is 11.4 Å². The maximum Gasteiger partial charge on any atom is 0.320 e. The molecule has 0 unspecified atom stereocenters. The molecule has 4 rings (SSSR count). The Labute approximate surface area is 204 Å². The standard InChI is InChI=1S/C24H23FN6O3S/c1-4-27-24(34)30-20-9-14(23-29-19(25)12-35-23)16(10-28-20)13-6-7-18-15(8-13)21(32)17(22(33)26-3)11-31(18)5-2/h6-12H,4-5H2,1-3H3,(H,26,33)(H2,27,28,30,34). The SMILES string of the molecule is CCNC(=O)Nc1cc(-c2nc(F)cs2)c(-c2ccc3c(c2)c(=O)c(C(=O)NC)cn3CC)cn1. The minimum atomic E-state index is -0.620. The summed E-state index contributed by atoms with van der Waals surface area (Å²) in [5.41, 5.74) is 2.09. The van der Waals surface area contributed by atoms with Crippen molar-refractivity contribution in [3.05, 3.63) is 63.8 Å². The average molecular weight is 495 g/mol. The van der Waals surface area contributed by atoms with E-state index in [9.17, 15) is 18.8 Å². The summed E-state index contributed by atoms with van der Waals surface area (Å²) in [6, 6.07) is 6.51. The third-order valence-corrected chi connectivity index (χ3v) is 6.24. The van der Waals surface area contributed by atoms with E-state index in [4.69, 9.17) is 0 Å². The molecule has 180 valence electrons. The first-order valence-corrected chi connectivity index (χ1v) is 11.8. The summed E-state index contributed by atoms with van der Waals surface area (Å²) < 4.78 is 15.6. The number of hydrogen-bond acceptors (Lipinski definition) is 6. The molecule has 0 atom stereocenters. The fraction of sp³-hybridized carbons (Fsp3) is 0.208. The normalized spacial score (nSPS) is 10.9. The van der Waals surface area contributed by atoms with Crippen LogP contribution in [0.4, 0.5) is 15.0 Å². The second-order valence-electron chi connectivity index (χ2n) is 7.54. The first kappa shape index (κ1) is 24.0. The van der Waals surface area contributed by atoms with Gasteiger partial charge in [0, 0.05) is 54.4 Å². The number of benzene rings is 1. The molecule has 3 amide bonds. The highest BCUT2D eigenvalue weighted by atomic mass is 32.1. The number of fused-ring (bicyclic) bond motifs is 1. The van der Waals surface area contributed by atoms with E-state index in [1.54, 1.807) is 31.3 Å². The highest BCUT2D eigenvalue weighted by Crippen LogP contribution is 2.35. The molecule has 9 nitrogen and oxygen atoms in total. The number of thiazole rings is 1. The van der Waals surface area contributed by atoms with Gasteiger partial charge in [-0.1, -0.05) is 6.07 Å². The quantitative estimate of drug-likeness (QED) is 0.376. The Bertz CT molecular complexity index is 1500. The number of carbonyl (C=O) groups excluding carboxylic acids is 2. The summed E-state index contributed by atoms with van der Waals surface area (Å²) in [5.74, 6) is -0.821. The van der Waals surface area contributed by atoms with Crippen molar-refractivity contribution in [2.45, 2.75) is 20.4 Å². The number of nitrogens with one attached hydrogen (secondary N) is 3. The number of nitrogens with zero attached hydrogens (tertiary/aromatic N) is 3. The Balaban J connectivity index is 1.91. The summed E-state index contributed by atoms with van der Waals surface area (Å²) in [5, 5.41) is 9.82. The molecule has 3 N–H and O–H groups in total. The molecule has 1 aromatic carbocycles. The minimum absolute atomic E-state index is 0.0424. The summed E-state index contributed by atoms with van der Waals surface area (Å²) >= 11 is 1.11. The molecular formula is C24H23FN6O3S. The lowest BCUT2D eigenvalue weighted by atomic mass is 9.99. The molecule has 4 aromatic rings. The molecule has 0 aliphatic carbocycles. The van der Waals surface area contributed by atoms with E-state index in [0.29, 0.717) is 45.7 Å². The van der Waals surface area contributed by atoms with Gasteiger partial charge < -0.3 is 15.2 Å². The summed E-state index contributed by atoms with van der Waals surface area (Å²) in [7, 11) is 1.47. The van der Waals surface area contributed by atoms with Gasteiger partial charge in [0.25, 0.3) is 5.91 Å². The predicted octanol–water partition coefficient (Wildman–Crippen LogP) is 3.85. The van der Waals surface area contributed by atoms with Gasteiger partial charge in [-0.25, -0.2) is 14.8 Å². The molecule has 0 aliphatic heterocycles. The number of amides is 3. The number of hydrogen-bond donors (Lipinski definition) is 3. The van der Waals surface area contributed by atoms with E-state index >= 15 is 0 Å². The van der Waals surface area contributed by atoms with Crippen LogP contribution >= 0.6 is 11.3 Å². The molecule has 3 heterocycles. The minimum Gasteiger partial charge on any atom is -0.355 e. The second-order valence-corrected chi connectivity index (χ2v) is 8.40. The Morgan fingerprint density at radius 2 is 1.97 bits per heavy atom. The second kappa shape index (κ2) is 10.0. The van der Waals surface area contributed by atoms with Gasteiger partial charge in [-0.15, -0.1) is 11.3 Å². The largest absolute Gasteiger partial charge is 0.355 e. The lowest BCUT2D eigenvalue weighted by molar-refractivity contribution is 0.0961. The number of halogens is 1. The van der Waals surface area contributed by atoms with Crippen molar-refractivity contribution in [3.63, 3.8) is 0 Å². The number of aryl methyl sites for hydroxylation is 1. The molecule has 0 saturated carbocycles. The smallest absolute Gasteiger partial charge is 0.320 e. The van der Waals surface area contributed by atoms with Crippen molar-refractivity contribution < 1.29 is 14.0 Å². The molecular weight excluding hydrogens is 471 g/mol. The van der Waals surface area contributed by atoms with Crippen LogP contribution in [-0.4, -0.2) is 40.1 Å². The zero-order chi connectivity index (χ0) is 25.1. The number of rotatable bonds is 6. The molecule has 11 heteroatoms. The van der Waals surface area contributed by atoms with Gasteiger partial charge >= 0.3 is 6.03 Å². The topological polar surface area (TPSA) is 118 Å². The third kappa shape index (κ3) is 4.76. The van der Waals surface area contributed by atoms with Gasteiger partial charge in [-0.2, -0.15) is 4.39 Å². The predicted molar refractivity (Wildman–Crippen MR) is 134 cm³/mol. The molecule has 0 saturated heterocycles. The van der Waals surface area contributed by atoms with Crippen molar-refractivity contribution in [2.24, 2.45) is 0 Å². The highest BCUT2D eigenvalue weighted by Gasteiger charge is 2.18. The van der Waals surface area contributed by atoms with Crippen molar-refractivity contribution in [1.29, 1.82) is 0 Å². The zero-order valence-electron chi connectivity index (χ0n) is 19.3. The Hall–Kier alpha value is -4.12. The number of pyridine rings is 2. The van der Waals surface area contributed by atoms with E-state index in [-0.39, 0.29) is 11.4 Å². The van der Waals surface area contributed by atoms with Crippen molar-refractivity contribution in [1.82, 2.24) is 25.2 Å². The van der Waals surface area contributed by atoms with Crippen LogP contribution in [-0.2, 0) is 6.54 Å². The van der Waals surface area contributed by atoms with Crippen LogP contribution in [0.1, 0.15) is 24.2 Å². The number of anilines is 1. The summed E-state index contributed by atoms with van der Waals surface area (Å²) in [6.07, 6.45) is 3.09. The maximum atomic E-state index is 13.8. The Morgan fingerprint density at radius 1 is 1.17 bits per heavy atom. The van der Waals surface area contributed by atoms with Crippen LogP contribution in [0.2, 0.25) is 0 Å². The Morgan fingerprint density at radius 3 is 2.63 bits per heavy atom. The van der Waals surface area contributed by atoms with E-state index < -0.39 is 23.3 Å². The highest BCUT2D eigenvalue weighted by molar-refractivity contribution is 7.13. The maximum absolute atomic E-state index is 13.8. The van der Waals surface area contributed by atoms with Crippen molar-refractivity contribution in [2.75, 3.05) is 18.9 Å². The third-order valence-electron chi connectivity index (χ3n) is 5.39. The first-order chi connectivity index (χ1) is 16.9. The summed E-state index contributed by atoms with van der Waals surface area (Å²) in [4.78, 5) is 45.7. The van der Waals surface area contributed by atoms with Crippen LogP contribution in [0.25, 0.3) is 32.6 Å². The van der Waals surface area contributed by atoms with Gasteiger partial charge in [0.05, 0.1) is 5.52 Å². The van der Waals surface area contributed by atoms with Crippen LogP contribution < -0.4 is 21.4 Å². The van der Waals surface area contributed by atoms with Gasteiger partial charge in [0.1, 0.15) is 16.4 Å². The molecule has 0 bridgehead atoms. The summed E-state index contributed by atoms with van der Waals surface area (Å²) in [6.45, 7) is 4.72. The number of urea groups is 1. The fourth-order valence-electron chi connectivity index (χ4n) is 3.75. The van der Waals surface area contributed by atoms with Crippen LogP contribution in [0, 0.1) is 5.95 Å². The number of aromatic nitrogens is 3. The van der Waals surface area contributed by atoms with Crippen LogP contribution in [0.5, 0.6) is 0 Å². The van der Waals surface area contributed by atoms with Crippen LogP contribution in [0.15, 0.2) is 46.8 Å². The molecule has 0 spiro atoms. The fourth-order valence-corrected chi connectivity index (χ4v) is 4.45. The lowest BCUT2D eigenvalue weighted by Gasteiger charge is -2.14. The average Bonchev–Trinajstić information content (AvgIpc) is 3.30. The van der Waals surface area contributed by atoms with E-state index in [1.807, 2.05) is 17.6 Å². The molecule has 35 heavy (non-hydrogen) atoms. The first-order valence-electron chi connectivity index (χ1n) is 10.9. The molecule has 0 aliphatic rings. The van der Waals surface area contributed by atoms with Gasteiger partial charge in [0.15, 0.2) is 0 Å². The van der Waals surface area contributed by atoms with Gasteiger partial charge in [-0.3, -0.25) is 14.9 Å². The van der Waals surface area contributed by atoms with Crippen LogP contribution in [0.3, 0.4) is 0 Å². The van der Waals surface area contributed by atoms with Crippen molar-refractivity contribution in [3.8, 4) is 21.7 Å². The molecule has 0 fully saturated rings. The van der Waals surface area contributed by atoms with Gasteiger partial charge in [-0.05, 0) is 37.6 Å². The number of carbonyl (C=O) groups is 2. The lowest BCUT2D eigenvalue weighted by Crippen LogP contribution is -2.28. The zero-order valence-corrected chi connectivity index (χ0v) is 20.1. The van der Waals surface area contributed by atoms with Crippen molar-refractivity contribution >= 4 is 40.0 Å². The molecule has 0 radical (unpaired) electrons. The monoisotopic (exact) mass is 494 g/mol. The van der Waals surface area contributed by atoms with E-state index in [2.05, 4.69) is 25.9 Å². The Kier molecular flexibility index (Phi) is 6.87. The molecule has 3 aromatic heterocycles.